The number of benzene rings is 2. The Labute approximate surface area is 170 Å². The van der Waals surface area contributed by atoms with Gasteiger partial charge in [-0.15, -0.1) is 0 Å². The number of rotatable bonds is 9. The molecule has 2 aromatic rings. The summed E-state index contributed by atoms with van der Waals surface area (Å²) in [5.41, 5.74) is 1.58. The molecular weight excluding hydrogens is 379 g/mol. The quantitative estimate of drug-likeness (QED) is 0.631. The molecule has 2 aromatic carbocycles. The molecule has 0 fully saturated rings. The van der Waals surface area contributed by atoms with Crippen LogP contribution in [0.4, 0.5) is 4.39 Å². The summed E-state index contributed by atoms with van der Waals surface area (Å²) in [4.78, 5) is 27.0. The van der Waals surface area contributed by atoms with Crippen molar-refractivity contribution in [3.05, 3.63) is 70.5 Å². The van der Waals surface area contributed by atoms with Crippen LogP contribution in [-0.4, -0.2) is 29.3 Å². The number of unbranched alkanes of at least 4 members (excludes halogenated alkanes) is 1. The molecule has 0 aliphatic rings. The molecule has 0 spiro atoms. The predicted molar refractivity (Wildman–Crippen MR) is 109 cm³/mol. The van der Waals surface area contributed by atoms with E-state index in [9.17, 15) is 14.0 Å². The summed E-state index contributed by atoms with van der Waals surface area (Å²) in [6.07, 6.45) is 2.02. The Bertz CT molecular complexity index is 778. The van der Waals surface area contributed by atoms with E-state index in [1.165, 1.54) is 17.0 Å². The highest BCUT2D eigenvalue weighted by molar-refractivity contribution is 6.30. The van der Waals surface area contributed by atoms with Crippen molar-refractivity contribution in [3.8, 4) is 0 Å². The fourth-order valence-corrected chi connectivity index (χ4v) is 2.91. The minimum absolute atomic E-state index is 0.158. The van der Waals surface area contributed by atoms with Crippen LogP contribution < -0.4 is 5.32 Å². The molecule has 4 nitrogen and oxygen atoms in total. The Morgan fingerprint density at radius 1 is 1.07 bits per heavy atom. The van der Waals surface area contributed by atoms with E-state index in [0.717, 1.165) is 24.0 Å². The van der Waals surface area contributed by atoms with Crippen molar-refractivity contribution in [2.45, 2.75) is 45.7 Å². The number of hydrogen-bond donors (Lipinski definition) is 1. The summed E-state index contributed by atoms with van der Waals surface area (Å²) < 4.78 is 13.2. The largest absolute Gasteiger partial charge is 0.354 e. The average Bonchev–Trinajstić information content (AvgIpc) is 2.68. The monoisotopic (exact) mass is 404 g/mol. The van der Waals surface area contributed by atoms with Gasteiger partial charge in [0.2, 0.25) is 11.8 Å². The van der Waals surface area contributed by atoms with Crippen molar-refractivity contribution in [3.63, 3.8) is 0 Å². The van der Waals surface area contributed by atoms with Crippen molar-refractivity contribution in [2.24, 2.45) is 0 Å². The van der Waals surface area contributed by atoms with Crippen LogP contribution in [0.1, 0.15) is 37.8 Å². The molecule has 6 heteroatoms. The lowest BCUT2D eigenvalue weighted by molar-refractivity contribution is -0.140. The molecule has 1 atom stereocenters. The first-order chi connectivity index (χ1) is 13.4. The Morgan fingerprint density at radius 2 is 1.68 bits per heavy atom. The van der Waals surface area contributed by atoms with Crippen LogP contribution in [-0.2, 0) is 22.6 Å². The van der Waals surface area contributed by atoms with Crippen molar-refractivity contribution in [1.29, 1.82) is 0 Å². The lowest BCUT2D eigenvalue weighted by Crippen LogP contribution is -2.48. The van der Waals surface area contributed by atoms with Gasteiger partial charge in [-0.3, -0.25) is 9.59 Å². The Kier molecular flexibility index (Phi) is 8.45. The summed E-state index contributed by atoms with van der Waals surface area (Å²) >= 11 is 5.90. The second-order valence-electron chi connectivity index (χ2n) is 6.77. The van der Waals surface area contributed by atoms with E-state index in [1.807, 2.05) is 6.92 Å². The first-order valence-electron chi connectivity index (χ1n) is 9.46. The molecule has 0 aromatic heterocycles. The predicted octanol–water partition coefficient (Wildman–Crippen LogP) is 4.36. The summed E-state index contributed by atoms with van der Waals surface area (Å²) in [5.74, 6) is -0.710. The molecule has 0 saturated heterocycles. The van der Waals surface area contributed by atoms with Crippen molar-refractivity contribution in [2.75, 3.05) is 6.54 Å². The molecule has 28 heavy (non-hydrogen) atoms. The van der Waals surface area contributed by atoms with Crippen LogP contribution >= 0.6 is 11.6 Å². The lowest BCUT2D eigenvalue weighted by atomic mass is 10.1. The first-order valence-corrected chi connectivity index (χ1v) is 9.84. The fourth-order valence-electron chi connectivity index (χ4n) is 2.78. The van der Waals surface area contributed by atoms with Gasteiger partial charge in [0.1, 0.15) is 11.9 Å². The van der Waals surface area contributed by atoms with Gasteiger partial charge in [0, 0.05) is 18.1 Å². The maximum atomic E-state index is 13.2. The fraction of sp³-hybridized carbons (Fsp3) is 0.364. The summed E-state index contributed by atoms with van der Waals surface area (Å²) in [6, 6.07) is 12.4. The number of carbonyl (C=O) groups excluding carboxylic acids is 2. The Hall–Kier alpha value is -2.40. The van der Waals surface area contributed by atoms with Gasteiger partial charge in [0.25, 0.3) is 0 Å². The van der Waals surface area contributed by atoms with Crippen LogP contribution in [0.2, 0.25) is 5.02 Å². The van der Waals surface area contributed by atoms with Gasteiger partial charge in [0.15, 0.2) is 0 Å². The lowest BCUT2D eigenvalue weighted by Gasteiger charge is -2.29. The molecule has 1 unspecified atom stereocenters. The number of amides is 2. The van der Waals surface area contributed by atoms with Crippen LogP contribution in [0.5, 0.6) is 0 Å². The maximum absolute atomic E-state index is 13.2. The molecule has 150 valence electrons. The molecule has 0 aliphatic carbocycles. The van der Waals surface area contributed by atoms with E-state index in [0.29, 0.717) is 11.6 Å². The third kappa shape index (κ3) is 6.64. The van der Waals surface area contributed by atoms with Gasteiger partial charge in [-0.1, -0.05) is 49.2 Å². The summed E-state index contributed by atoms with van der Waals surface area (Å²) in [7, 11) is 0. The molecule has 0 aliphatic heterocycles. The number of carbonyl (C=O) groups is 2. The SMILES string of the molecule is CCCCNC(=O)C(C)N(Cc1ccc(F)cc1)C(=O)Cc1ccc(Cl)cc1. The van der Waals surface area contributed by atoms with Crippen LogP contribution in [0.15, 0.2) is 48.5 Å². The van der Waals surface area contributed by atoms with Gasteiger partial charge in [-0.2, -0.15) is 0 Å². The second-order valence-corrected chi connectivity index (χ2v) is 7.21. The molecule has 0 bridgehead atoms. The smallest absolute Gasteiger partial charge is 0.242 e. The van der Waals surface area contributed by atoms with Gasteiger partial charge in [0.05, 0.1) is 6.42 Å². The molecule has 2 rings (SSSR count). The number of halogens is 2. The second kappa shape index (κ2) is 10.8. The van der Waals surface area contributed by atoms with Gasteiger partial charge in [-0.25, -0.2) is 4.39 Å². The molecule has 1 N–H and O–H groups in total. The Morgan fingerprint density at radius 3 is 2.29 bits per heavy atom. The highest BCUT2D eigenvalue weighted by Crippen LogP contribution is 2.15. The standard InChI is InChI=1S/C22H26ClFN2O2/c1-3-4-13-25-22(28)16(2)26(15-18-7-11-20(24)12-8-18)21(27)14-17-5-9-19(23)10-6-17/h5-12,16H,3-4,13-15H2,1-2H3,(H,25,28). The molecule has 0 radical (unpaired) electrons. The maximum Gasteiger partial charge on any atom is 0.242 e. The first kappa shape index (κ1) is 21.9. The van der Waals surface area contributed by atoms with Crippen LogP contribution in [0, 0.1) is 5.82 Å². The van der Waals surface area contributed by atoms with E-state index >= 15 is 0 Å². The topological polar surface area (TPSA) is 49.4 Å². The van der Waals surface area contributed by atoms with E-state index in [2.05, 4.69) is 5.32 Å². The van der Waals surface area contributed by atoms with Crippen LogP contribution in [0.25, 0.3) is 0 Å². The highest BCUT2D eigenvalue weighted by atomic mass is 35.5. The summed E-state index contributed by atoms with van der Waals surface area (Å²) in [5, 5.41) is 3.47. The minimum Gasteiger partial charge on any atom is -0.354 e. The number of nitrogens with zero attached hydrogens (tertiary/aromatic N) is 1. The van der Waals surface area contributed by atoms with E-state index < -0.39 is 6.04 Å². The van der Waals surface area contributed by atoms with Crippen molar-refractivity contribution >= 4 is 23.4 Å². The zero-order chi connectivity index (χ0) is 20.5. The average molecular weight is 405 g/mol. The molecule has 0 heterocycles. The third-order valence-corrected chi connectivity index (χ3v) is 4.78. The zero-order valence-corrected chi connectivity index (χ0v) is 17.0. The third-order valence-electron chi connectivity index (χ3n) is 4.53. The van der Waals surface area contributed by atoms with Gasteiger partial charge >= 0.3 is 0 Å². The molecule has 2 amide bonds. The van der Waals surface area contributed by atoms with Crippen molar-refractivity contribution < 1.29 is 14.0 Å². The van der Waals surface area contributed by atoms with E-state index in [-0.39, 0.29) is 30.6 Å². The normalized spacial score (nSPS) is 11.7. The zero-order valence-electron chi connectivity index (χ0n) is 16.3. The summed E-state index contributed by atoms with van der Waals surface area (Å²) in [6.45, 7) is 4.57. The van der Waals surface area contributed by atoms with E-state index in [1.54, 1.807) is 43.3 Å². The number of nitrogens with one attached hydrogen (secondary N) is 1. The van der Waals surface area contributed by atoms with E-state index in [4.69, 9.17) is 11.6 Å². The van der Waals surface area contributed by atoms with Crippen molar-refractivity contribution in [1.82, 2.24) is 10.2 Å². The minimum atomic E-state index is -0.637. The number of hydrogen-bond acceptors (Lipinski definition) is 2. The Balaban J connectivity index is 2.15. The highest BCUT2D eigenvalue weighted by Gasteiger charge is 2.26. The van der Waals surface area contributed by atoms with Gasteiger partial charge < -0.3 is 10.2 Å². The molecule has 0 saturated carbocycles. The van der Waals surface area contributed by atoms with Crippen LogP contribution in [0.3, 0.4) is 0 Å². The van der Waals surface area contributed by atoms with Gasteiger partial charge in [-0.05, 0) is 48.7 Å². The molecular formula is C22H26ClFN2O2.